The second-order valence-corrected chi connectivity index (χ2v) is 11.6. The third-order valence-electron chi connectivity index (χ3n) is 7.45. The molecular weight excluding hydrogens is 484 g/mol. The van der Waals surface area contributed by atoms with Crippen molar-refractivity contribution in [2.45, 2.75) is 54.8 Å². The highest BCUT2D eigenvalue weighted by molar-refractivity contribution is 7.89. The number of aliphatic hydroxyl groups excluding tert-OH is 1. The lowest BCUT2D eigenvalue weighted by Gasteiger charge is -2.43. The fourth-order valence-electron chi connectivity index (χ4n) is 5.44. The molecule has 2 saturated heterocycles. The normalized spacial score (nSPS) is 26.2. The highest BCUT2D eigenvalue weighted by Crippen LogP contribution is 2.35. The zero-order valence-electron chi connectivity index (χ0n) is 20.3. The Labute approximate surface area is 211 Å². The number of nitrogens with zero attached hydrogens (tertiary/aromatic N) is 3. The van der Waals surface area contributed by atoms with Crippen LogP contribution in [0.2, 0.25) is 0 Å². The molecular formula is C25H32N4O6S. The van der Waals surface area contributed by atoms with E-state index in [0.29, 0.717) is 31.7 Å². The van der Waals surface area contributed by atoms with Gasteiger partial charge in [0, 0.05) is 56.3 Å². The lowest BCUT2D eigenvalue weighted by Crippen LogP contribution is -2.59. The van der Waals surface area contributed by atoms with Crippen molar-refractivity contribution in [2.75, 3.05) is 33.4 Å². The van der Waals surface area contributed by atoms with E-state index in [1.807, 2.05) is 12.1 Å². The molecule has 1 aromatic carbocycles. The Bertz CT molecular complexity index is 1210. The van der Waals surface area contributed by atoms with E-state index in [4.69, 9.17) is 9.47 Å². The zero-order chi connectivity index (χ0) is 25.3. The van der Waals surface area contributed by atoms with Crippen molar-refractivity contribution in [3.8, 4) is 11.6 Å². The van der Waals surface area contributed by atoms with E-state index in [1.54, 1.807) is 31.5 Å². The number of rotatable bonds is 3. The second kappa shape index (κ2) is 9.97. The first-order valence-electron chi connectivity index (χ1n) is 12.3. The molecule has 4 heterocycles. The van der Waals surface area contributed by atoms with Gasteiger partial charge in [0.2, 0.25) is 21.8 Å². The average molecular weight is 517 g/mol. The molecule has 2 fully saturated rings. The van der Waals surface area contributed by atoms with Crippen LogP contribution in [0.15, 0.2) is 47.5 Å². The number of hydrogen-bond donors (Lipinski definition) is 2. The van der Waals surface area contributed by atoms with Crippen molar-refractivity contribution >= 4 is 15.9 Å². The van der Waals surface area contributed by atoms with Gasteiger partial charge >= 0.3 is 0 Å². The fourth-order valence-corrected chi connectivity index (χ4v) is 7.21. The Morgan fingerprint density at radius 3 is 2.75 bits per heavy atom. The minimum Gasteiger partial charge on any atom is -0.492 e. The van der Waals surface area contributed by atoms with Crippen LogP contribution in [0.1, 0.15) is 31.2 Å². The summed E-state index contributed by atoms with van der Waals surface area (Å²) < 4.78 is 39.5. The molecule has 0 saturated carbocycles. The number of ether oxygens (including phenoxy) is 2. The van der Waals surface area contributed by atoms with Gasteiger partial charge in [0.1, 0.15) is 16.7 Å². The van der Waals surface area contributed by atoms with Crippen LogP contribution >= 0.6 is 0 Å². The van der Waals surface area contributed by atoms with Crippen molar-refractivity contribution in [1.29, 1.82) is 0 Å². The maximum absolute atomic E-state index is 13.5. The van der Waals surface area contributed by atoms with Crippen LogP contribution in [0.25, 0.3) is 0 Å². The summed E-state index contributed by atoms with van der Waals surface area (Å²) in [5.74, 6) is 0.509. The fraction of sp³-hybridized carbons (Fsp3) is 0.520. The van der Waals surface area contributed by atoms with E-state index in [0.717, 1.165) is 23.0 Å². The lowest BCUT2D eigenvalue weighted by atomic mass is 9.84. The highest BCUT2D eigenvalue weighted by atomic mass is 32.2. The number of likely N-dealkylation sites (tertiary alicyclic amines) is 1. The van der Waals surface area contributed by atoms with Crippen LogP contribution in [-0.4, -0.2) is 84.7 Å². The summed E-state index contributed by atoms with van der Waals surface area (Å²) in [6.07, 6.45) is 2.79. The average Bonchev–Trinajstić information content (AvgIpc) is 3.28. The van der Waals surface area contributed by atoms with Crippen molar-refractivity contribution in [3.05, 3.63) is 48.2 Å². The third-order valence-corrected chi connectivity index (χ3v) is 9.36. The number of sulfonamides is 1. The van der Waals surface area contributed by atoms with Gasteiger partial charge < -0.3 is 19.9 Å². The molecule has 1 amide bonds. The van der Waals surface area contributed by atoms with Crippen LogP contribution < -0.4 is 14.8 Å². The summed E-state index contributed by atoms with van der Waals surface area (Å²) in [6.45, 7) is 2.32. The van der Waals surface area contributed by atoms with Crippen LogP contribution in [0.3, 0.4) is 0 Å². The van der Waals surface area contributed by atoms with Gasteiger partial charge in [0.15, 0.2) is 0 Å². The molecule has 2 N–H and O–H groups in total. The molecule has 36 heavy (non-hydrogen) atoms. The molecule has 194 valence electrons. The maximum atomic E-state index is 13.5. The van der Waals surface area contributed by atoms with Gasteiger partial charge in [-0.25, -0.2) is 13.4 Å². The van der Waals surface area contributed by atoms with Crippen LogP contribution in [0.5, 0.6) is 11.6 Å². The monoisotopic (exact) mass is 516 g/mol. The summed E-state index contributed by atoms with van der Waals surface area (Å²) in [5.41, 5.74) is 0.470. The van der Waals surface area contributed by atoms with Crippen molar-refractivity contribution in [1.82, 2.24) is 19.5 Å². The van der Waals surface area contributed by atoms with Gasteiger partial charge in [-0.05, 0) is 31.0 Å². The lowest BCUT2D eigenvalue weighted by molar-refractivity contribution is -0.127. The van der Waals surface area contributed by atoms with Crippen LogP contribution in [0.4, 0.5) is 0 Å². The number of fused-ring (bicyclic) bond motifs is 2. The smallest absolute Gasteiger partial charge is 0.247 e. The topological polar surface area (TPSA) is 121 Å². The zero-order valence-corrected chi connectivity index (χ0v) is 21.1. The summed E-state index contributed by atoms with van der Waals surface area (Å²) in [7, 11) is -2.42. The van der Waals surface area contributed by atoms with Gasteiger partial charge in [0.25, 0.3) is 0 Å². The number of benzene rings is 1. The number of methoxy groups -OCH3 is 1. The van der Waals surface area contributed by atoms with Crippen molar-refractivity contribution in [2.24, 2.45) is 0 Å². The molecule has 0 bridgehead atoms. The summed E-state index contributed by atoms with van der Waals surface area (Å²) in [6, 6.07) is 9.41. The number of para-hydroxylation sites is 1. The number of hydrogen-bond acceptors (Lipinski definition) is 8. The molecule has 11 heteroatoms. The number of aliphatic hydroxyl groups is 1. The van der Waals surface area contributed by atoms with Gasteiger partial charge in [-0.1, -0.05) is 18.2 Å². The molecule has 2 aromatic rings. The molecule has 5 rings (SSSR count). The van der Waals surface area contributed by atoms with Crippen molar-refractivity contribution in [3.63, 3.8) is 0 Å². The molecule has 0 radical (unpaired) electrons. The predicted octanol–water partition coefficient (Wildman–Crippen LogP) is 1.15. The third kappa shape index (κ3) is 4.80. The van der Waals surface area contributed by atoms with E-state index in [1.165, 1.54) is 6.07 Å². The van der Waals surface area contributed by atoms with Gasteiger partial charge in [-0.3, -0.25) is 9.69 Å². The maximum Gasteiger partial charge on any atom is 0.247 e. The largest absolute Gasteiger partial charge is 0.492 e. The van der Waals surface area contributed by atoms with Crippen molar-refractivity contribution < 1.29 is 27.8 Å². The Kier molecular flexibility index (Phi) is 6.90. The summed E-state index contributed by atoms with van der Waals surface area (Å²) in [5, 5.41) is 13.5. The molecule has 3 aliphatic heterocycles. The summed E-state index contributed by atoms with van der Waals surface area (Å²) in [4.78, 5) is 20.1. The second-order valence-electron chi connectivity index (χ2n) is 9.74. The first-order valence-corrected chi connectivity index (χ1v) is 13.7. The molecule has 3 aliphatic rings. The molecule has 2 atom stereocenters. The van der Waals surface area contributed by atoms with Gasteiger partial charge in [0.05, 0.1) is 19.8 Å². The molecule has 1 spiro atoms. The quantitative estimate of drug-likeness (QED) is 0.623. The number of nitrogens with one attached hydrogen (secondary N) is 1. The van der Waals surface area contributed by atoms with E-state index in [2.05, 4.69) is 15.2 Å². The van der Waals surface area contributed by atoms with E-state index < -0.39 is 27.7 Å². The SMILES string of the molecule is COc1ncccc1CN1CCC2(CCOc3ccccc3S(=O)(=O)N3C[C@H](O)C[C@H]3C(=O)N2)CC1. The van der Waals surface area contributed by atoms with Crippen LogP contribution in [-0.2, 0) is 21.4 Å². The molecule has 1 aromatic heterocycles. The number of carbonyl (C=O) groups is 1. The van der Waals surface area contributed by atoms with Gasteiger partial charge in [-0.2, -0.15) is 4.31 Å². The summed E-state index contributed by atoms with van der Waals surface area (Å²) >= 11 is 0. The number of amides is 1. The standard InChI is InChI=1S/C25H32N4O6S/c1-34-24-18(5-4-11-26-24)16-28-12-8-25(9-13-28)10-14-35-21-6-2-3-7-22(21)36(32,33)29-17-19(30)15-20(29)23(31)27-25/h2-7,11,19-20,30H,8-10,12-17H2,1H3,(H,27,31)/t19-,20+/m1/s1. The predicted molar refractivity (Wildman–Crippen MR) is 131 cm³/mol. The first-order chi connectivity index (χ1) is 17.3. The highest BCUT2D eigenvalue weighted by Gasteiger charge is 2.47. The van der Waals surface area contributed by atoms with E-state index in [9.17, 15) is 18.3 Å². The molecule has 0 unspecified atom stereocenters. The minimum absolute atomic E-state index is 0.0214. The Hall–Kier alpha value is -2.73. The van der Waals surface area contributed by atoms with E-state index >= 15 is 0 Å². The number of pyridine rings is 1. The number of piperidine rings is 1. The Morgan fingerprint density at radius 1 is 1.19 bits per heavy atom. The molecule has 10 nitrogen and oxygen atoms in total. The Morgan fingerprint density at radius 2 is 1.97 bits per heavy atom. The number of aromatic nitrogens is 1. The minimum atomic E-state index is -4.03. The van der Waals surface area contributed by atoms with Gasteiger partial charge in [-0.15, -0.1) is 0 Å². The molecule has 0 aliphatic carbocycles. The first kappa shape index (κ1) is 24.9. The Balaban J connectivity index is 1.38. The number of carbonyl (C=O) groups excluding carboxylic acids is 1. The van der Waals surface area contributed by atoms with E-state index in [-0.39, 0.29) is 36.1 Å². The van der Waals surface area contributed by atoms with Crippen LogP contribution in [0, 0.1) is 0 Å².